The first-order valence-electron chi connectivity index (χ1n) is 8.64. The van der Waals surface area contributed by atoms with Crippen molar-refractivity contribution in [2.24, 2.45) is 11.8 Å². The summed E-state index contributed by atoms with van der Waals surface area (Å²) in [5.41, 5.74) is -0.676. The molecule has 1 N–H and O–H groups in total. The predicted octanol–water partition coefficient (Wildman–Crippen LogP) is 2.84. The summed E-state index contributed by atoms with van der Waals surface area (Å²) < 4.78 is 5.35. The van der Waals surface area contributed by atoms with Crippen molar-refractivity contribution in [3.8, 4) is 0 Å². The zero-order valence-corrected chi connectivity index (χ0v) is 17.0. The van der Waals surface area contributed by atoms with E-state index in [1.54, 1.807) is 34.6 Å². The van der Waals surface area contributed by atoms with Crippen LogP contribution in [-0.4, -0.2) is 64.7 Å². The molecule has 0 saturated carbocycles. The van der Waals surface area contributed by atoms with E-state index >= 15 is 0 Å². The van der Waals surface area contributed by atoms with Crippen molar-refractivity contribution in [2.45, 2.75) is 72.6 Å². The number of rotatable bonds is 7. The molecule has 7 heteroatoms. The number of likely N-dealkylation sites (N-methyl/N-ethyl adjacent to an activating group) is 2. The molecule has 0 aliphatic heterocycles. The maximum Gasteiger partial charge on any atom is 0.410 e. The van der Waals surface area contributed by atoms with E-state index in [9.17, 15) is 19.5 Å². The zero-order chi connectivity index (χ0) is 20.1. The second-order valence-electron chi connectivity index (χ2n) is 8.21. The van der Waals surface area contributed by atoms with Gasteiger partial charge in [0.05, 0.1) is 0 Å². The van der Waals surface area contributed by atoms with Gasteiger partial charge in [-0.2, -0.15) is 0 Å². The van der Waals surface area contributed by atoms with Gasteiger partial charge in [-0.1, -0.05) is 27.7 Å². The van der Waals surface area contributed by atoms with Crippen LogP contribution in [0.5, 0.6) is 0 Å². The first-order chi connectivity index (χ1) is 11.2. The standard InChI is InChI=1S/C18H34N2O5/c1-11(2)10-13(19(8)17(24)25-18(5,6)7)15(21)20(9)14(12(3)4)16(22)23/h11-14H,10H2,1-9H3,(H,22,23)/t13-,14-/m0/s1. The van der Waals surface area contributed by atoms with Gasteiger partial charge < -0.3 is 14.7 Å². The molecule has 0 rings (SSSR count). The number of aliphatic carboxylic acids is 1. The average molecular weight is 358 g/mol. The molecule has 0 heterocycles. The fourth-order valence-corrected chi connectivity index (χ4v) is 2.60. The lowest BCUT2D eigenvalue weighted by molar-refractivity contribution is -0.153. The lowest BCUT2D eigenvalue weighted by atomic mass is 9.98. The third-order valence-corrected chi connectivity index (χ3v) is 3.78. The van der Waals surface area contributed by atoms with Crippen molar-refractivity contribution in [1.29, 1.82) is 0 Å². The predicted molar refractivity (Wildman–Crippen MR) is 96.3 cm³/mol. The van der Waals surface area contributed by atoms with Crippen LogP contribution < -0.4 is 0 Å². The van der Waals surface area contributed by atoms with E-state index in [1.165, 1.54) is 23.9 Å². The van der Waals surface area contributed by atoms with Crippen molar-refractivity contribution in [1.82, 2.24) is 9.80 Å². The Labute approximate surface area is 151 Å². The molecule has 0 bridgehead atoms. The first-order valence-corrected chi connectivity index (χ1v) is 8.64. The summed E-state index contributed by atoms with van der Waals surface area (Å²) in [6.07, 6.45) is -0.181. The summed E-state index contributed by atoms with van der Waals surface area (Å²) in [6.45, 7) is 12.6. The Balaban J connectivity index is 5.53. The molecule has 0 spiro atoms. The van der Waals surface area contributed by atoms with E-state index < -0.39 is 35.7 Å². The first kappa shape index (κ1) is 23.2. The average Bonchev–Trinajstić information content (AvgIpc) is 2.40. The maximum atomic E-state index is 13.0. The van der Waals surface area contributed by atoms with Crippen LogP contribution in [0.2, 0.25) is 0 Å². The minimum atomic E-state index is -1.06. The van der Waals surface area contributed by atoms with E-state index in [0.29, 0.717) is 6.42 Å². The number of carboxylic acid groups (broad SMARTS) is 1. The van der Waals surface area contributed by atoms with E-state index in [0.717, 1.165) is 0 Å². The lowest BCUT2D eigenvalue weighted by Gasteiger charge is -2.36. The van der Waals surface area contributed by atoms with Gasteiger partial charge in [-0.3, -0.25) is 9.69 Å². The highest BCUT2D eigenvalue weighted by atomic mass is 16.6. The molecule has 2 atom stereocenters. The number of carbonyl (C=O) groups is 3. The van der Waals surface area contributed by atoms with E-state index in [4.69, 9.17) is 4.74 Å². The Morgan fingerprint density at radius 2 is 1.48 bits per heavy atom. The highest BCUT2D eigenvalue weighted by Crippen LogP contribution is 2.19. The second-order valence-corrected chi connectivity index (χ2v) is 8.21. The quantitative estimate of drug-likeness (QED) is 0.756. The number of carboxylic acids is 1. The summed E-state index contributed by atoms with van der Waals surface area (Å²) in [6, 6.07) is -1.73. The number of carbonyl (C=O) groups excluding carboxylic acids is 2. The fourth-order valence-electron chi connectivity index (χ4n) is 2.60. The van der Waals surface area contributed by atoms with Crippen molar-refractivity contribution in [3.05, 3.63) is 0 Å². The van der Waals surface area contributed by atoms with Gasteiger partial charge in [0.2, 0.25) is 5.91 Å². The van der Waals surface area contributed by atoms with Gasteiger partial charge in [0.15, 0.2) is 0 Å². The smallest absolute Gasteiger partial charge is 0.410 e. The molecule has 0 fully saturated rings. The van der Waals surface area contributed by atoms with Crippen LogP contribution >= 0.6 is 0 Å². The molecule has 0 aromatic heterocycles. The van der Waals surface area contributed by atoms with Gasteiger partial charge in [0, 0.05) is 14.1 Å². The molecule has 0 aliphatic carbocycles. The second kappa shape index (κ2) is 9.06. The van der Waals surface area contributed by atoms with Gasteiger partial charge in [-0.05, 0) is 39.0 Å². The molecule has 0 aromatic rings. The van der Waals surface area contributed by atoms with Crippen LogP contribution in [0.1, 0.15) is 54.9 Å². The third kappa shape index (κ3) is 7.32. The minimum absolute atomic E-state index is 0.148. The Bertz CT molecular complexity index is 482. The Morgan fingerprint density at radius 3 is 1.80 bits per heavy atom. The number of nitrogens with zero attached hydrogens (tertiary/aromatic N) is 2. The number of hydrogen-bond acceptors (Lipinski definition) is 4. The van der Waals surface area contributed by atoms with Crippen molar-refractivity contribution in [2.75, 3.05) is 14.1 Å². The summed E-state index contributed by atoms with van der Waals surface area (Å²) in [7, 11) is 2.98. The Kier molecular flexibility index (Phi) is 8.41. The highest BCUT2D eigenvalue weighted by molar-refractivity contribution is 5.89. The molecule has 25 heavy (non-hydrogen) atoms. The van der Waals surface area contributed by atoms with E-state index in [2.05, 4.69) is 0 Å². The van der Waals surface area contributed by atoms with Crippen molar-refractivity contribution in [3.63, 3.8) is 0 Å². The van der Waals surface area contributed by atoms with Crippen LogP contribution in [0.15, 0.2) is 0 Å². The lowest BCUT2D eigenvalue weighted by Crippen LogP contribution is -2.55. The van der Waals surface area contributed by atoms with E-state index in [1.807, 2.05) is 13.8 Å². The van der Waals surface area contributed by atoms with Crippen LogP contribution in [0, 0.1) is 11.8 Å². The van der Waals surface area contributed by atoms with Crippen LogP contribution in [0.4, 0.5) is 4.79 Å². The van der Waals surface area contributed by atoms with Gasteiger partial charge in [-0.25, -0.2) is 9.59 Å². The molecule has 146 valence electrons. The number of amides is 2. The molecule has 7 nitrogen and oxygen atoms in total. The normalized spacial score (nSPS) is 14.2. The van der Waals surface area contributed by atoms with E-state index in [-0.39, 0.29) is 11.8 Å². The summed E-state index contributed by atoms with van der Waals surface area (Å²) in [5, 5.41) is 9.43. The van der Waals surface area contributed by atoms with Crippen LogP contribution in [0.3, 0.4) is 0 Å². The third-order valence-electron chi connectivity index (χ3n) is 3.78. The van der Waals surface area contributed by atoms with Gasteiger partial charge >= 0.3 is 12.1 Å². The highest BCUT2D eigenvalue weighted by Gasteiger charge is 2.37. The largest absolute Gasteiger partial charge is 0.480 e. The topological polar surface area (TPSA) is 87.2 Å². The maximum absolute atomic E-state index is 13.0. The summed E-state index contributed by atoms with van der Waals surface area (Å²) in [4.78, 5) is 39.3. The Morgan fingerprint density at radius 1 is 1.00 bits per heavy atom. The van der Waals surface area contributed by atoms with Crippen LogP contribution in [0.25, 0.3) is 0 Å². The minimum Gasteiger partial charge on any atom is -0.480 e. The fraction of sp³-hybridized carbons (Fsp3) is 0.833. The SMILES string of the molecule is CC(C)C[C@@H](C(=O)N(C)[C@H](C(=O)O)C(C)C)N(C)C(=O)OC(C)(C)C. The van der Waals surface area contributed by atoms with Crippen molar-refractivity contribution >= 4 is 18.0 Å². The van der Waals surface area contributed by atoms with Gasteiger partial charge in [-0.15, -0.1) is 0 Å². The monoisotopic (exact) mass is 358 g/mol. The molecule has 0 saturated heterocycles. The molecule has 0 aromatic carbocycles. The molecular weight excluding hydrogens is 324 g/mol. The van der Waals surface area contributed by atoms with Crippen molar-refractivity contribution < 1.29 is 24.2 Å². The zero-order valence-electron chi connectivity index (χ0n) is 17.0. The summed E-state index contributed by atoms with van der Waals surface area (Å²) in [5.74, 6) is -1.57. The summed E-state index contributed by atoms with van der Waals surface area (Å²) >= 11 is 0. The number of hydrogen-bond donors (Lipinski definition) is 1. The van der Waals surface area contributed by atoms with Crippen LogP contribution in [-0.2, 0) is 14.3 Å². The molecule has 2 amide bonds. The molecular formula is C18H34N2O5. The van der Waals surface area contributed by atoms with Gasteiger partial charge in [0.1, 0.15) is 17.7 Å². The molecule has 0 radical (unpaired) electrons. The van der Waals surface area contributed by atoms with Gasteiger partial charge in [0.25, 0.3) is 0 Å². The Hall–Kier alpha value is -1.79. The molecule has 0 unspecified atom stereocenters. The number of ether oxygens (including phenoxy) is 1. The molecule has 0 aliphatic rings.